The molecular weight excluding hydrogens is 180 g/mol. The van der Waals surface area contributed by atoms with Crippen LogP contribution < -0.4 is 0 Å². The lowest BCUT2D eigenvalue weighted by molar-refractivity contribution is -0.137. The third-order valence-electron chi connectivity index (χ3n) is 2.44. The Morgan fingerprint density at radius 1 is 1.29 bits per heavy atom. The maximum atomic E-state index is 11.5. The zero-order valence-electron chi connectivity index (χ0n) is 8.29. The molecule has 1 aliphatic rings. The maximum absolute atomic E-state index is 11.5. The van der Waals surface area contributed by atoms with Gasteiger partial charge in [0.2, 0.25) is 0 Å². The van der Waals surface area contributed by atoms with Gasteiger partial charge in [-0.15, -0.1) is 0 Å². The second-order valence-electron chi connectivity index (χ2n) is 3.65. The summed E-state index contributed by atoms with van der Waals surface area (Å²) >= 11 is 0. The highest BCUT2D eigenvalue weighted by molar-refractivity contribution is 5.95. The average Bonchev–Trinajstić information content (AvgIpc) is 2.18. The molecular formula is C11H16O3. The van der Waals surface area contributed by atoms with E-state index in [1.54, 1.807) is 0 Å². The van der Waals surface area contributed by atoms with Crippen LogP contribution in [0.2, 0.25) is 0 Å². The van der Waals surface area contributed by atoms with Crippen LogP contribution in [0.5, 0.6) is 0 Å². The number of hydrogen-bond acceptors (Lipinski definition) is 2. The van der Waals surface area contributed by atoms with Gasteiger partial charge in [-0.05, 0) is 37.7 Å². The van der Waals surface area contributed by atoms with Crippen molar-refractivity contribution in [1.29, 1.82) is 0 Å². The molecule has 0 aromatic rings. The van der Waals surface area contributed by atoms with Gasteiger partial charge in [0.1, 0.15) is 0 Å². The van der Waals surface area contributed by atoms with Crippen LogP contribution in [0.4, 0.5) is 0 Å². The number of carbonyl (C=O) groups excluding carboxylic acids is 1. The van der Waals surface area contributed by atoms with Crippen molar-refractivity contribution in [2.75, 3.05) is 0 Å². The van der Waals surface area contributed by atoms with E-state index in [-0.39, 0.29) is 12.2 Å². The Balaban J connectivity index is 2.27. The van der Waals surface area contributed by atoms with Crippen molar-refractivity contribution >= 4 is 11.8 Å². The molecule has 0 aliphatic heterocycles. The first-order valence-electron chi connectivity index (χ1n) is 5.14. The molecule has 0 heterocycles. The van der Waals surface area contributed by atoms with Gasteiger partial charge in [0.05, 0.1) is 0 Å². The van der Waals surface area contributed by atoms with Gasteiger partial charge in [-0.2, -0.15) is 0 Å². The van der Waals surface area contributed by atoms with E-state index >= 15 is 0 Å². The van der Waals surface area contributed by atoms with Crippen LogP contribution in [0, 0.1) is 0 Å². The summed E-state index contributed by atoms with van der Waals surface area (Å²) < 4.78 is 0. The van der Waals surface area contributed by atoms with Crippen molar-refractivity contribution in [2.45, 2.75) is 44.9 Å². The predicted octanol–water partition coefficient (Wildman–Crippen LogP) is 2.31. The van der Waals surface area contributed by atoms with E-state index in [9.17, 15) is 9.59 Å². The van der Waals surface area contributed by atoms with E-state index in [2.05, 4.69) is 0 Å². The van der Waals surface area contributed by atoms with Crippen LogP contribution in [0.1, 0.15) is 44.9 Å². The number of carboxylic acid groups (broad SMARTS) is 1. The molecule has 0 saturated carbocycles. The number of carboxylic acids is 1. The normalized spacial score (nSPS) is 16.1. The van der Waals surface area contributed by atoms with Crippen molar-refractivity contribution < 1.29 is 14.7 Å². The quantitative estimate of drug-likeness (QED) is 0.734. The molecule has 0 amide bonds. The fourth-order valence-corrected chi connectivity index (χ4v) is 1.65. The van der Waals surface area contributed by atoms with Gasteiger partial charge >= 0.3 is 5.97 Å². The molecule has 14 heavy (non-hydrogen) atoms. The molecule has 1 N–H and O–H groups in total. The minimum atomic E-state index is -0.824. The Kier molecular flexibility index (Phi) is 4.36. The van der Waals surface area contributed by atoms with Crippen LogP contribution >= 0.6 is 0 Å². The minimum Gasteiger partial charge on any atom is -0.481 e. The second-order valence-corrected chi connectivity index (χ2v) is 3.65. The van der Waals surface area contributed by atoms with Gasteiger partial charge in [-0.1, -0.05) is 6.08 Å². The Labute approximate surface area is 83.8 Å². The lowest BCUT2D eigenvalue weighted by atomic mass is 9.94. The maximum Gasteiger partial charge on any atom is 0.303 e. The van der Waals surface area contributed by atoms with Crippen molar-refractivity contribution in [2.24, 2.45) is 0 Å². The van der Waals surface area contributed by atoms with Crippen LogP contribution in [0.15, 0.2) is 11.6 Å². The molecule has 0 spiro atoms. The molecule has 1 aliphatic carbocycles. The molecule has 3 nitrogen and oxygen atoms in total. The summed E-state index contributed by atoms with van der Waals surface area (Å²) in [6.45, 7) is 0. The molecule has 0 atom stereocenters. The number of carbonyl (C=O) groups is 2. The summed E-state index contributed by atoms with van der Waals surface area (Å²) in [6, 6.07) is 0. The fourth-order valence-electron chi connectivity index (χ4n) is 1.65. The summed E-state index contributed by atoms with van der Waals surface area (Å²) in [5.41, 5.74) is 0.918. The zero-order chi connectivity index (χ0) is 10.4. The van der Waals surface area contributed by atoms with Gasteiger partial charge in [0.25, 0.3) is 0 Å². The lowest BCUT2D eigenvalue weighted by Crippen LogP contribution is -2.06. The van der Waals surface area contributed by atoms with Crippen molar-refractivity contribution in [3.63, 3.8) is 0 Å². The summed E-state index contributed by atoms with van der Waals surface area (Å²) in [5, 5.41) is 8.41. The highest BCUT2D eigenvalue weighted by atomic mass is 16.4. The third kappa shape index (κ3) is 3.73. The molecule has 1 rings (SSSR count). The van der Waals surface area contributed by atoms with Crippen molar-refractivity contribution in [1.82, 2.24) is 0 Å². The Morgan fingerprint density at radius 3 is 2.64 bits per heavy atom. The third-order valence-corrected chi connectivity index (χ3v) is 2.44. The summed E-state index contributed by atoms with van der Waals surface area (Å²) in [7, 11) is 0. The van der Waals surface area contributed by atoms with Gasteiger partial charge in [0, 0.05) is 12.8 Å². The standard InChI is InChI=1S/C11H16O3/c12-10(7-4-8-11(13)14)9-5-2-1-3-6-9/h5H,1-4,6-8H2,(H,13,14). The van der Waals surface area contributed by atoms with Crippen LogP contribution in [-0.4, -0.2) is 16.9 Å². The molecule has 0 unspecified atom stereocenters. The van der Waals surface area contributed by atoms with Crippen LogP contribution in [0.3, 0.4) is 0 Å². The first-order valence-corrected chi connectivity index (χ1v) is 5.14. The first-order chi connectivity index (χ1) is 6.70. The van der Waals surface area contributed by atoms with E-state index in [4.69, 9.17) is 5.11 Å². The number of aliphatic carboxylic acids is 1. The van der Waals surface area contributed by atoms with E-state index < -0.39 is 5.97 Å². The number of rotatable bonds is 5. The number of Topliss-reactive ketones (excluding diaryl/α,β-unsaturated/α-hetero) is 1. The smallest absolute Gasteiger partial charge is 0.303 e. The van der Waals surface area contributed by atoms with Gasteiger partial charge in [-0.25, -0.2) is 0 Å². The van der Waals surface area contributed by atoms with E-state index in [0.29, 0.717) is 12.8 Å². The SMILES string of the molecule is O=C(O)CCCC(=O)C1=CCCCC1. The van der Waals surface area contributed by atoms with Crippen LogP contribution in [-0.2, 0) is 9.59 Å². The summed E-state index contributed by atoms with van der Waals surface area (Å²) in [5.74, 6) is -0.679. The molecule has 3 heteroatoms. The zero-order valence-corrected chi connectivity index (χ0v) is 8.29. The largest absolute Gasteiger partial charge is 0.481 e. The highest BCUT2D eigenvalue weighted by Crippen LogP contribution is 2.19. The number of allylic oxidation sites excluding steroid dienone is 2. The average molecular weight is 196 g/mol. The fraction of sp³-hybridized carbons (Fsp3) is 0.636. The second kappa shape index (κ2) is 5.58. The lowest BCUT2D eigenvalue weighted by Gasteiger charge is -2.10. The van der Waals surface area contributed by atoms with E-state index in [1.807, 2.05) is 6.08 Å². The highest BCUT2D eigenvalue weighted by Gasteiger charge is 2.12. The summed E-state index contributed by atoms with van der Waals surface area (Å²) in [6.07, 6.45) is 7.10. The van der Waals surface area contributed by atoms with E-state index in [0.717, 1.165) is 24.8 Å². The van der Waals surface area contributed by atoms with Gasteiger partial charge < -0.3 is 5.11 Å². The molecule has 78 valence electrons. The number of ketones is 1. The van der Waals surface area contributed by atoms with Crippen molar-refractivity contribution in [3.8, 4) is 0 Å². The summed E-state index contributed by atoms with van der Waals surface area (Å²) in [4.78, 5) is 21.7. The molecule has 0 saturated heterocycles. The number of hydrogen-bond donors (Lipinski definition) is 1. The molecule has 0 aromatic heterocycles. The van der Waals surface area contributed by atoms with E-state index in [1.165, 1.54) is 6.42 Å². The molecule has 0 fully saturated rings. The Morgan fingerprint density at radius 2 is 2.07 bits per heavy atom. The van der Waals surface area contributed by atoms with Gasteiger partial charge in [-0.3, -0.25) is 9.59 Å². The predicted molar refractivity (Wildman–Crippen MR) is 53.0 cm³/mol. The molecule has 0 aromatic carbocycles. The van der Waals surface area contributed by atoms with Crippen LogP contribution in [0.25, 0.3) is 0 Å². The topological polar surface area (TPSA) is 54.4 Å². The molecule has 0 radical (unpaired) electrons. The molecule has 0 bridgehead atoms. The Hall–Kier alpha value is -1.12. The first kappa shape index (κ1) is 11.0. The Bertz CT molecular complexity index is 253. The monoisotopic (exact) mass is 196 g/mol. The minimum absolute atomic E-state index is 0.0962. The van der Waals surface area contributed by atoms with Crippen molar-refractivity contribution in [3.05, 3.63) is 11.6 Å². The van der Waals surface area contributed by atoms with Gasteiger partial charge in [0.15, 0.2) is 5.78 Å².